The highest BCUT2D eigenvalue weighted by atomic mass is 35.5. The number of halogens is 2. The number of nitrogens with zero attached hydrogens (tertiary/aromatic N) is 1. The summed E-state index contributed by atoms with van der Waals surface area (Å²) in [6, 6.07) is 14.2. The molecule has 2 aromatic carbocycles. The van der Waals surface area contributed by atoms with Gasteiger partial charge >= 0.3 is 0 Å². The van der Waals surface area contributed by atoms with Crippen molar-refractivity contribution >= 4 is 40.7 Å². The van der Waals surface area contributed by atoms with Gasteiger partial charge in [-0.1, -0.05) is 60.0 Å². The Bertz CT molecular complexity index is 973. The average molecular weight is 445 g/mol. The van der Waals surface area contributed by atoms with Crippen LogP contribution in [0.5, 0.6) is 0 Å². The van der Waals surface area contributed by atoms with Gasteiger partial charge in [0.2, 0.25) is 11.8 Å². The molecular weight excluding hydrogens is 419 g/mol. The number of hydrogen-bond donors (Lipinski definition) is 1. The van der Waals surface area contributed by atoms with Crippen molar-refractivity contribution < 1.29 is 9.59 Å². The largest absolute Gasteiger partial charge is 0.338 e. The van der Waals surface area contributed by atoms with Crippen LogP contribution < -0.4 is 5.32 Å². The molecule has 0 aliphatic carbocycles. The van der Waals surface area contributed by atoms with Gasteiger partial charge in [-0.25, -0.2) is 0 Å². The lowest BCUT2D eigenvalue weighted by atomic mass is 9.72. The summed E-state index contributed by atoms with van der Waals surface area (Å²) in [5.74, 6) is -0.863. The van der Waals surface area contributed by atoms with Crippen molar-refractivity contribution in [3.63, 3.8) is 0 Å². The summed E-state index contributed by atoms with van der Waals surface area (Å²) in [6.07, 6.45) is 3.01. The Morgan fingerprint density at radius 2 is 1.83 bits per heavy atom. The maximum atomic E-state index is 13.6. The van der Waals surface area contributed by atoms with E-state index in [1.54, 1.807) is 42.3 Å². The molecule has 1 heterocycles. The van der Waals surface area contributed by atoms with E-state index in [4.69, 9.17) is 23.2 Å². The molecule has 3 atom stereocenters. The molecule has 1 fully saturated rings. The van der Waals surface area contributed by atoms with Gasteiger partial charge in [0.25, 0.3) is 0 Å². The first kappa shape index (κ1) is 22.4. The van der Waals surface area contributed by atoms with E-state index in [0.717, 1.165) is 17.6 Å². The molecule has 3 rings (SSSR count). The molecule has 1 saturated heterocycles. The average Bonchev–Trinajstić information content (AvgIpc) is 2.71. The molecule has 0 spiro atoms. The van der Waals surface area contributed by atoms with Gasteiger partial charge < -0.3 is 10.2 Å². The van der Waals surface area contributed by atoms with E-state index in [1.165, 1.54) is 0 Å². The van der Waals surface area contributed by atoms with Crippen molar-refractivity contribution in [2.24, 2.45) is 5.92 Å². The van der Waals surface area contributed by atoms with Crippen molar-refractivity contribution in [3.8, 4) is 0 Å². The third-order valence-corrected chi connectivity index (χ3v) is 6.28. The molecule has 1 aliphatic heterocycles. The van der Waals surface area contributed by atoms with Gasteiger partial charge in [0, 0.05) is 35.1 Å². The molecule has 0 saturated carbocycles. The monoisotopic (exact) mass is 444 g/mol. The Morgan fingerprint density at radius 3 is 2.43 bits per heavy atom. The highest BCUT2D eigenvalue weighted by Gasteiger charge is 2.46. The number of benzene rings is 2. The molecule has 2 amide bonds. The third kappa shape index (κ3) is 4.71. The number of likely N-dealkylation sites (N-methyl/N-ethyl adjacent to an activating group) is 1. The summed E-state index contributed by atoms with van der Waals surface area (Å²) in [6.45, 7) is 3.99. The minimum atomic E-state index is -0.462. The Kier molecular flexibility index (Phi) is 7.22. The van der Waals surface area contributed by atoms with E-state index in [0.29, 0.717) is 15.7 Å². The van der Waals surface area contributed by atoms with Crippen LogP contribution in [0.1, 0.15) is 38.2 Å². The smallest absolute Gasteiger partial charge is 0.230 e. The van der Waals surface area contributed by atoms with Crippen LogP contribution in [0.25, 0.3) is 0 Å². The first-order valence-corrected chi connectivity index (χ1v) is 10.8. The molecule has 6 heteroatoms. The van der Waals surface area contributed by atoms with Crippen LogP contribution in [-0.2, 0) is 9.59 Å². The molecule has 2 aromatic rings. The van der Waals surface area contributed by atoms with Gasteiger partial charge in [0.1, 0.15) is 0 Å². The maximum absolute atomic E-state index is 13.6. The molecule has 1 unspecified atom stereocenters. The van der Waals surface area contributed by atoms with Crippen LogP contribution >= 0.6 is 23.2 Å². The van der Waals surface area contributed by atoms with E-state index in [-0.39, 0.29) is 30.2 Å². The lowest BCUT2D eigenvalue weighted by Crippen LogP contribution is -2.54. The fourth-order valence-corrected chi connectivity index (χ4v) is 4.71. The van der Waals surface area contributed by atoms with Crippen LogP contribution in [0.15, 0.2) is 60.2 Å². The predicted octanol–water partition coefficient (Wildman–Crippen LogP) is 5.92. The summed E-state index contributed by atoms with van der Waals surface area (Å²) in [5, 5.41) is 4.15. The van der Waals surface area contributed by atoms with Crippen molar-refractivity contribution in [2.45, 2.75) is 38.6 Å². The lowest BCUT2D eigenvalue weighted by molar-refractivity contribution is -0.139. The number of rotatable bonds is 5. The molecule has 4 nitrogen and oxygen atoms in total. The molecule has 0 bridgehead atoms. The number of allylic oxidation sites excluding steroid dienone is 1. The van der Waals surface area contributed by atoms with Crippen molar-refractivity contribution in [1.29, 1.82) is 0 Å². The van der Waals surface area contributed by atoms with E-state index >= 15 is 0 Å². The Labute approximate surface area is 187 Å². The second-order valence-corrected chi connectivity index (χ2v) is 8.43. The minimum absolute atomic E-state index is 0.0181. The van der Waals surface area contributed by atoms with E-state index in [9.17, 15) is 9.59 Å². The third-order valence-electron chi connectivity index (χ3n) is 5.81. The van der Waals surface area contributed by atoms with E-state index < -0.39 is 5.92 Å². The summed E-state index contributed by atoms with van der Waals surface area (Å²) in [5.41, 5.74) is 2.59. The fourth-order valence-electron chi connectivity index (χ4n) is 4.32. The van der Waals surface area contributed by atoms with Crippen molar-refractivity contribution in [2.75, 3.05) is 12.4 Å². The van der Waals surface area contributed by atoms with Gasteiger partial charge in [-0.15, -0.1) is 0 Å². The molecule has 30 heavy (non-hydrogen) atoms. The zero-order chi connectivity index (χ0) is 21.8. The predicted molar refractivity (Wildman–Crippen MR) is 123 cm³/mol. The minimum Gasteiger partial charge on any atom is -0.338 e. The van der Waals surface area contributed by atoms with Gasteiger partial charge in [-0.3, -0.25) is 9.59 Å². The zero-order valence-electron chi connectivity index (χ0n) is 17.4. The number of amides is 2. The molecule has 0 aromatic heterocycles. The summed E-state index contributed by atoms with van der Waals surface area (Å²) in [7, 11) is 1.78. The van der Waals surface area contributed by atoms with Crippen LogP contribution in [0.3, 0.4) is 0 Å². The number of likely N-dealkylation sites (tertiary alicyclic amines) is 1. The normalized spacial score (nSPS) is 22.2. The molecular formula is C24H26Cl2N2O2. The Morgan fingerprint density at radius 1 is 1.17 bits per heavy atom. The maximum Gasteiger partial charge on any atom is 0.230 e. The quantitative estimate of drug-likeness (QED) is 0.581. The highest BCUT2D eigenvalue weighted by Crippen LogP contribution is 2.41. The standard InChI is InChI=1S/C24H26Cl2N2O2/c1-4-15(5-2)23-22(24(30)27-19-11-7-10-18(26)13-19)20(14-21(29)28(23)3)16-8-6-9-17(25)12-16/h4,6-13,20,22-23H,5,14H2,1-3H3,(H,27,30)/b15-4+/t20-,22?,23+/m0/s1. The first-order valence-electron chi connectivity index (χ1n) is 10.1. The van der Waals surface area contributed by atoms with Gasteiger partial charge in [0.05, 0.1) is 12.0 Å². The van der Waals surface area contributed by atoms with Crippen LogP contribution in [0.2, 0.25) is 10.0 Å². The number of nitrogens with one attached hydrogen (secondary N) is 1. The fraction of sp³-hybridized carbons (Fsp3) is 0.333. The second kappa shape index (κ2) is 9.67. The summed E-state index contributed by atoms with van der Waals surface area (Å²) >= 11 is 12.3. The molecule has 158 valence electrons. The SMILES string of the molecule is C/C=C(\CC)[C@@H]1C(C(=O)Nc2cccc(Cl)c2)[C@H](c2cccc(Cl)c2)CC(=O)N1C. The Balaban J connectivity index is 2.07. The lowest BCUT2D eigenvalue weighted by Gasteiger charge is -2.44. The van der Waals surface area contributed by atoms with Crippen LogP contribution in [0.4, 0.5) is 5.69 Å². The molecule has 0 radical (unpaired) electrons. The number of carbonyl (C=O) groups excluding carboxylic acids is 2. The van der Waals surface area contributed by atoms with Crippen LogP contribution in [0, 0.1) is 5.92 Å². The molecule has 1 N–H and O–H groups in total. The molecule has 1 aliphatic rings. The number of hydrogen-bond acceptors (Lipinski definition) is 2. The Hall–Kier alpha value is -2.30. The number of carbonyl (C=O) groups is 2. The number of anilines is 1. The number of piperidine rings is 1. The van der Waals surface area contributed by atoms with Gasteiger partial charge in [-0.05, 0) is 49.2 Å². The first-order chi connectivity index (χ1) is 14.3. The topological polar surface area (TPSA) is 49.4 Å². The van der Waals surface area contributed by atoms with Crippen molar-refractivity contribution in [1.82, 2.24) is 4.90 Å². The second-order valence-electron chi connectivity index (χ2n) is 7.56. The van der Waals surface area contributed by atoms with Crippen molar-refractivity contribution in [3.05, 3.63) is 75.8 Å². The van der Waals surface area contributed by atoms with E-state index in [2.05, 4.69) is 5.32 Å². The highest BCUT2D eigenvalue weighted by molar-refractivity contribution is 6.31. The van der Waals surface area contributed by atoms with Gasteiger partial charge in [-0.2, -0.15) is 0 Å². The summed E-state index contributed by atoms with van der Waals surface area (Å²) < 4.78 is 0. The van der Waals surface area contributed by atoms with Crippen LogP contribution in [-0.4, -0.2) is 29.8 Å². The zero-order valence-corrected chi connectivity index (χ0v) is 18.9. The van der Waals surface area contributed by atoms with Gasteiger partial charge in [0.15, 0.2) is 0 Å². The summed E-state index contributed by atoms with van der Waals surface area (Å²) in [4.78, 5) is 28.2. The van der Waals surface area contributed by atoms with E-state index in [1.807, 2.05) is 38.1 Å².